The van der Waals surface area contributed by atoms with Gasteiger partial charge in [0.2, 0.25) is 0 Å². The van der Waals surface area contributed by atoms with Gasteiger partial charge in [0.15, 0.2) is 0 Å². The summed E-state index contributed by atoms with van der Waals surface area (Å²) in [5, 5.41) is 2.47. The Kier molecular flexibility index (Phi) is 10.8. The first kappa shape index (κ1) is 46.5. The molecule has 2 heteroatoms. The normalized spacial score (nSPS) is 12.5. The van der Waals surface area contributed by atoms with E-state index in [1.807, 2.05) is 0 Å². The summed E-state index contributed by atoms with van der Waals surface area (Å²) in [6.07, 6.45) is 0. The minimum Gasteiger partial charge on any atom is -0.311 e. The lowest BCUT2D eigenvalue weighted by atomic mass is 9.70. The number of aromatic nitrogens is 1. The highest BCUT2D eigenvalue weighted by Crippen LogP contribution is 2.63. The van der Waals surface area contributed by atoms with Gasteiger partial charge in [0.25, 0.3) is 0 Å². The summed E-state index contributed by atoms with van der Waals surface area (Å²) in [5.41, 5.74) is 28.7. The standard InChI is InChI=1S/C79H52N2/c1-4-19-53(20-5-1)55-35-42-63(43-36-55)80(64-44-37-56(38-45-64)54-21-6-2-7-22-54)65-46-39-57(40-47-65)59-49-60(51-61(50-59)66-29-18-34-77-78(66)71-28-13-17-33-76(71)81(77)62-23-8-3-9-24-62)58-41-48-70-69-27-12-16-32-74(69)79(75(70)52-58)72-30-14-10-25-67(72)68-26-11-15-31-73(68)79/h1-52H. The van der Waals surface area contributed by atoms with Gasteiger partial charge in [-0.15, -0.1) is 0 Å². The molecule has 2 aliphatic carbocycles. The van der Waals surface area contributed by atoms with Crippen molar-refractivity contribution in [3.63, 3.8) is 0 Å². The van der Waals surface area contributed by atoms with Gasteiger partial charge in [-0.3, -0.25) is 0 Å². The SMILES string of the molecule is c1ccc(-c2ccc(N(c3ccc(-c4ccccc4)cc3)c3ccc(-c4cc(-c5ccc6c(c5)C5(c7ccccc7-c7ccccc75)c5ccccc5-6)cc(-c5cccc6c5c5ccccc5n6-c5ccccc5)c4)cc3)cc2)cc1. The third-order valence-electron chi connectivity index (χ3n) is 17.2. The topological polar surface area (TPSA) is 8.17 Å². The van der Waals surface area contributed by atoms with Gasteiger partial charge in [0.05, 0.1) is 16.4 Å². The fraction of sp³-hybridized carbons (Fsp3) is 0.0127. The molecular formula is C79H52N2. The Hall–Kier alpha value is -10.5. The van der Waals surface area contributed by atoms with E-state index in [2.05, 4.69) is 325 Å². The number of benzene rings is 13. The molecular weight excluding hydrogens is 977 g/mol. The molecule has 16 rings (SSSR count). The van der Waals surface area contributed by atoms with Crippen LogP contribution in [0.15, 0.2) is 315 Å². The van der Waals surface area contributed by atoms with Crippen molar-refractivity contribution in [3.05, 3.63) is 338 Å². The second-order valence-electron chi connectivity index (χ2n) is 21.5. The molecule has 81 heavy (non-hydrogen) atoms. The number of anilines is 3. The zero-order chi connectivity index (χ0) is 53.4. The maximum Gasteiger partial charge on any atom is 0.0725 e. The molecule has 13 aromatic carbocycles. The summed E-state index contributed by atoms with van der Waals surface area (Å²) >= 11 is 0. The van der Waals surface area contributed by atoms with Crippen LogP contribution in [0.2, 0.25) is 0 Å². The van der Waals surface area contributed by atoms with Crippen LogP contribution in [0.25, 0.3) is 105 Å². The van der Waals surface area contributed by atoms with Crippen LogP contribution >= 0.6 is 0 Å². The Morgan fingerprint density at radius 1 is 0.235 bits per heavy atom. The maximum atomic E-state index is 2.52. The van der Waals surface area contributed by atoms with Gasteiger partial charge in [-0.2, -0.15) is 0 Å². The molecule has 2 aliphatic rings. The third-order valence-corrected chi connectivity index (χ3v) is 17.2. The molecule has 2 nitrogen and oxygen atoms in total. The molecule has 0 N–H and O–H groups in total. The summed E-state index contributed by atoms with van der Waals surface area (Å²) < 4.78 is 2.42. The molecule has 0 amide bonds. The van der Waals surface area contributed by atoms with Crippen molar-refractivity contribution in [2.75, 3.05) is 4.90 Å². The minimum absolute atomic E-state index is 0.453. The quantitative estimate of drug-likeness (QED) is 0.140. The first-order chi connectivity index (χ1) is 40.2. The maximum absolute atomic E-state index is 2.52. The Morgan fingerprint density at radius 2 is 0.617 bits per heavy atom. The van der Waals surface area contributed by atoms with E-state index in [1.54, 1.807) is 0 Å². The Morgan fingerprint density at radius 3 is 1.16 bits per heavy atom. The van der Waals surface area contributed by atoms with Crippen molar-refractivity contribution in [1.82, 2.24) is 4.57 Å². The molecule has 0 fully saturated rings. The minimum atomic E-state index is -0.453. The van der Waals surface area contributed by atoms with Crippen LogP contribution in [0.1, 0.15) is 22.3 Å². The van der Waals surface area contributed by atoms with Gasteiger partial charge in [-0.05, 0) is 185 Å². The van der Waals surface area contributed by atoms with E-state index in [-0.39, 0.29) is 0 Å². The predicted molar refractivity (Wildman–Crippen MR) is 339 cm³/mol. The number of rotatable bonds is 9. The van der Waals surface area contributed by atoms with E-state index in [9.17, 15) is 0 Å². The zero-order valence-corrected chi connectivity index (χ0v) is 44.4. The molecule has 14 aromatic rings. The average molecular weight is 1030 g/mol. The van der Waals surface area contributed by atoms with Crippen LogP contribution in [0.4, 0.5) is 17.1 Å². The van der Waals surface area contributed by atoms with Crippen LogP contribution < -0.4 is 4.90 Å². The fourth-order valence-electron chi connectivity index (χ4n) is 13.6. The molecule has 0 saturated carbocycles. The lowest BCUT2D eigenvalue weighted by Crippen LogP contribution is -2.25. The van der Waals surface area contributed by atoms with Gasteiger partial charge in [-0.25, -0.2) is 0 Å². The molecule has 0 unspecified atom stereocenters. The van der Waals surface area contributed by atoms with Crippen LogP contribution in [-0.4, -0.2) is 4.57 Å². The second-order valence-corrected chi connectivity index (χ2v) is 21.5. The van der Waals surface area contributed by atoms with Gasteiger partial charge in [0.1, 0.15) is 0 Å². The number of fused-ring (bicyclic) bond motifs is 13. The summed E-state index contributed by atoms with van der Waals surface area (Å²) in [6.45, 7) is 0. The first-order valence-corrected chi connectivity index (χ1v) is 28.1. The van der Waals surface area contributed by atoms with E-state index >= 15 is 0 Å². The molecule has 1 aromatic heterocycles. The predicted octanol–water partition coefficient (Wildman–Crippen LogP) is 20.9. The molecule has 0 aliphatic heterocycles. The molecule has 1 heterocycles. The second kappa shape index (κ2) is 18.8. The Bertz CT molecular complexity index is 4560. The number of hydrogen-bond donors (Lipinski definition) is 0. The first-order valence-electron chi connectivity index (χ1n) is 28.1. The summed E-state index contributed by atoms with van der Waals surface area (Å²) in [7, 11) is 0. The highest BCUT2D eigenvalue weighted by Gasteiger charge is 2.51. The van der Waals surface area contributed by atoms with Crippen molar-refractivity contribution in [1.29, 1.82) is 0 Å². The highest BCUT2D eigenvalue weighted by atomic mass is 15.1. The van der Waals surface area contributed by atoms with E-state index in [0.717, 1.165) is 33.9 Å². The van der Waals surface area contributed by atoms with E-state index in [4.69, 9.17) is 0 Å². The Balaban J connectivity index is 0.879. The summed E-state index contributed by atoms with van der Waals surface area (Å²) in [5.74, 6) is 0. The van der Waals surface area contributed by atoms with Gasteiger partial charge < -0.3 is 9.47 Å². The fourth-order valence-corrected chi connectivity index (χ4v) is 13.6. The molecule has 0 saturated heterocycles. The van der Waals surface area contributed by atoms with Crippen LogP contribution in [0, 0.1) is 0 Å². The van der Waals surface area contributed by atoms with Crippen LogP contribution in [0.3, 0.4) is 0 Å². The zero-order valence-electron chi connectivity index (χ0n) is 44.4. The van der Waals surface area contributed by atoms with E-state index in [0.29, 0.717) is 0 Å². The van der Waals surface area contributed by atoms with Gasteiger partial charge in [0, 0.05) is 33.5 Å². The van der Waals surface area contributed by atoms with Crippen molar-refractivity contribution < 1.29 is 0 Å². The molecule has 0 radical (unpaired) electrons. The van der Waals surface area contributed by atoms with Gasteiger partial charge >= 0.3 is 0 Å². The van der Waals surface area contributed by atoms with Crippen molar-refractivity contribution in [2.24, 2.45) is 0 Å². The summed E-state index contributed by atoms with van der Waals surface area (Å²) in [4.78, 5) is 2.37. The van der Waals surface area contributed by atoms with Crippen LogP contribution in [-0.2, 0) is 5.41 Å². The number of nitrogens with zero attached hydrogens (tertiary/aromatic N) is 2. The van der Waals surface area contributed by atoms with Gasteiger partial charge in [-0.1, -0.05) is 231 Å². The van der Waals surface area contributed by atoms with Crippen molar-refractivity contribution in [2.45, 2.75) is 5.41 Å². The van der Waals surface area contributed by atoms with Crippen molar-refractivity contribution >= 4 is 38.9 Å². The smallest absolute Gasteiger partial charge is 0.0725 e. The third kappa shape index (κ3) is 7.42. The lowest BCUT2D eigenvalue weighted by Gasteiger charge is -2.30. The molecule has 0 bridgehead atoms. The highest BCUT2D eigenvalue weighted by molar-refractivity contribution is 6.16. The molecule has 378 valence electrons. The molecule has 1 spiro atoms. The molecule has 0 atom stereocenters. The lowest BCUT2D eigenvalue weighted by molar-refractivity contribution is 0.794. The van der Waals surface area contributed by atoms with Crippen molar-refractivity contribution in [3.8, 4) is 83.6 Å². The Labute approximate surface area is 472 Å². The summed E-state index contributed by atoms with van der Waals surface area (Å²) in [6, 6.07) is 117. The number of para-hydroxylation sites is 2. The van der Waals surface area contributed by atoms with E-state index in [1.165, 1.54) is 111 Å². The largest absolute Gasteiger partial charge is 0.311 e. The average Bonchev–Trinajstić information content (AvgIpc) is 2.64. The monoisotopic (exact) mass is 1030 g/mol. The van der Waals surface area contributed by atoms with E-state index < -0.39 is 5.41 Å². The number of hydrogen-bond acceptors (Lipinski definition) is 1. The van der Waals surface area contributed by atoms with Crippen LogP contribution in [0.5, 0.6) is 0 Å².